The Kier molecular flexibility index (Phi) is 6.68. The Labute approximate surface area is 213 Å². The Morgan fingerprint density at radius 2 is 1.86 bits per heavy atom. The lowest BCUT2D eigenvalue weighted by atomic mass is 10.1. The first-order valence-electron chi connectivity index (χ1n) is 11.3. The first-order chi connectivity index (χ1) is 16.4. The summed E-state index contributed by atoms with van der Waals surface area (Å²) in [6, 6.07) is 3.14. The molecule has 0 aromatic carbocycles. The van der Waals surface area contributed by atoms with Crippen LogP contribution < -0.4 is 10.6 Å². The summed E-state index contributed by atoms with van der Waals surface area (Å²) >= 11 is 12.6. The molecule has 35 heavy (non-hydrogen) atoms. The highest BCUT2D eigenvalue weighted by Gasteiger charge is 2.36. The van der Waals surface area contributed by atoms with Crippen LogP contribution in [-0.4, -0.2) is 61.3 Å². The summed E-state index contributed by atoms with van der Waals surface area (Å²) in [5.74, 6) is 0.442. The summed E-state index contributed by atoms with van der Waals surface area (Å²) < 4.78 is 6.98. The van der Waals surface area contributed by atoms with E-state index in [9.17, 15) is 9.59 Å². The van der Waals surface area contributed by atoms with Crippen LogP contribution in [0.15, 0.2) is 29.3 Å². The quantitative estimate of drug-likeness (QED) is 0.456. The number of anilines is 1. The van der Waals surface area contributed by atoms with Gasteiger partial charge in [0.05, 0.1) is 22.3 Å². The number of ether oxygens (including phenoxy) is 1. The van der Waals surface area contributed by atoms with Crippen molar-refractivity contribution in [1.82, 2.24) is 24.4 Å². The zero-order valence-corrected chi connectivity index (χ0v) is 22.1. The Bertz CT molecular complexity index is 1350. The zero-order chi connectivity index (χ0) is 25.7. The SMILES string of the molecule is Cc1ccncc1-n1c(=O)nc(N2C[C@@H](C)N(C(=O)OC(C)(C)C)C[C@@H]2C)c2cc(Cl)c(Cl)nc21. The van der Waals surface area contributed by atoms with Crippen molar-refractivity contribution in [3.8, 4) is 5.69 Å². The summed E-state index contributed by atoms with van der Waals surface area (Å²) in [7, 11) is 0. The summed E-state index contributed by atoms with van der Waals surface area (Å²) in [4.78, 5) is 42.9. The van der Waals surface area contributed by atoms with Gasteiger partial charge in [-0.2, -0.15) is 4.98 Å². The Morgan fingerprint density at radius 3 is 2.51 bits per heavy atom. The van der Waals surface area contributed by atoms with Gasteiger partial charge in [-0.1, -0.05) is 23.2 Å². The van der Waals surface area contributed by atoms with Gasteiger partial charge in [-0.3, -0.25) is 4.98 Å². The molecule has 3 aromatic rings. The maximum atomic E-state index is 13.4. The number of piperazine rings is 1. The number of aryl methyl sites for hydroxylation is 1. The number of halogens is 2. The molecule has 0 unspecified atom stereocenters. The Balaban J connectivity index is 1.82. The zero-order valence-electron chi connectivity index (χ0n) is 20.5. The third-order valence-electron chi connectivity index (χ3n) is 5.90. The lowest BCUT2D eigenvalue weighted by molar-refractivity contribution is 0.0130. The van der Waals surface area contributed by atoms with Crippen molar-refractivity contribution in [3.05, 3.63) is 50.7 Å². The van der Waals surface area contributed by atoms with Gasteiger partial charge in [0, 0.05) is 31.4 Å². The van der Waals surface area contributed by atoms with E-state index in [1.54, 1.807) is 29.4 Å². The molecule has 1 aliphatic rings. The number of amides is 1. The van der Waals surface area contributed by atoms with Crippen molar-refractivity contribution in [1.29, 1.82) is 0 Å². The fourth-order valence-electron chi connectivity index (χ4n) is 4.21. The van der Waals surface area contributed by atoms with E-state index in [4.69, 9.17) is 27.9 Å². The van der Waals surface area contributed by atoms with Crippen LogP contribution in [0.1, 0.15) is 40.2 Å². The number of fused-ring (bicyclic) bond motifs is 1. The standard InChI is InChI=1S/C24H28Cl2N6O3/c1-13-7-8-27-10-18(13)32-21-16(9-17(25)19(26)28-21)20(29-22(32)33)30-11-15(3)31(12-14(30)2)23(34)35-24(4,5)6/h7-10,14-15H,11-12H2,1-6H3/t14-,15+/m0/s1. The van der Waals surface area contributed by atoms with Crippen LogP contribution in [0.5, 0.6) is 0 Å². The minimum atomic E-state index is -0.592. The molecule has 186 valence electrons. The van der Waals surface area contributed by atoms with Gasteiger partial charge in [-0.25, -0.2) is 19.1 Å². The van der Waals surface area contributed by atoms with Crippen LogP contribution in [0.25, 0.3) is 16.7 Å². The molecule has 0 N–H and O–H groups in total. The van der Waals surface area contributed by atoms with E-state index in [0.717, 1.165) is 5.56 Å². The van der Waals surface area contributed by atoms with Gasteiger partial charge in [0.15, 0.2) is 5.65 Å². The molecular weight excluding hydrogens is 491 g/mol. The van der Waals surface area contributed by atoms with E-state index in [0.29, 0.717) is 35.6 Å². The largest absolute Gasteiger partial charge is 0.444 e. The second kappa shape index (κ2) is 9.28. The summed E-state index contributed by atoms with van der Waals surface area (Å²) in [6.07, 6.45) is 2.87. The van der Waals surface area contributed by atoms with Gasteiger partial charge in [-0.15, -0.1) is 0 Å². The number of rotatable bonds is 2. The van der Waals surface area contributed by atoms with E-state index in [1.165, 1.54) is 4.57 Å². The maximum absolute atomic E-state index is 13.4. The van der Waals surface area contributed by atoms with Gasteiger partial charge in [-0.05, 0) is 59.2 Å². The highest BCUT2D eigenvalue weighted by Crippen LogP contribution is 2.33. The lowest BCUT2D eigenvalue weighted by Crippen LogP contribution is -2.59. The lowest BCUT2D eigenvalue weighted by Gasteiger charge is -2.44. The first-order valence-corrected chi connectivity index (χ1v) is 12.1. The fraction of sp³-hybridized carbons (Fsp3) is 0.458. The first kappa shape index (κ1) is 25.2. The topological polar surface area (TPSA) is 93.5 Å². The molecule has 0 radical (unpaired) electrons. The van der Waals surface area contributed by atoms with Crippen molar-refractivity contribution in [3.63, 3.8) is 0 Å². The third kappa shape index (κ3) is 4.92. The number of nitrogens with zero attached hydrogens (tertiary/aromatic N) is 6. The van der Waals surface area contributed by atoms with E-state index in [2.05, 4.69) is 15.0 Å². The van der Waals surface area contributed by atoms with Crippen molar-refractivity contribution in [2.24, 2.45) is 0 Å². The smallest absolute Gasteiger partial charge is 0.410 e. The van der Waals surface area contributed by atoms with Crippen LogP contribution in [0.3, 0.4) is 0 Å². The van der Waals surface area contributed by atoms with Crippen LogP contribution in [0.4, 0.5) is 10.6 Å². The average molecular weight is 519 g/mol. The van der Waals surface area contributed by atoms with Crippen LogP contribution >= 0.6 is 23.2 Å². The van der Waals surface area contributed by atoms with Crippen molar-refractivity contribution in [2.75, 3.05) is 18.0 Å². The molecule has 3 aromatic heterocycles. The number of aromatic nitrogens is 4. The molecule has 9 nitrogen and oxygen atoms in total. The minimum Gasteiger partial charge on any atom is -0.444 e. The average Bonchev–Trinajstić information content (AvgIpc) is 2.75. The molecule has 2 atom stereocenters. The van der Waals surface area contributed by atoms with Crippen LogP contribution in [0.2, 0.25) is 10.2 Å². The number of carbonyl (C=O) groups excluding carboxylic acids is 1. The van der Waals surface area contributed by atoms with E-state index >= 15 is 0 Å². The van der Waals surface area contributed by atoms with Gasteiger partial charge in [0.25, 0.3) is 0 Å². The normalized spacial score (nSPS) is 18.7. The Hall–Kier alpha value is -2.91. The predicted octanol–water partition coefficient (Wildman–Crippen LogP) is 4.63. The van der Waals surface area contributed by atoms with Gasteiger partial charge >= 0.3 is 11.8 Å². The molecule has 1 fully saturated rings. The number of carbonyl (C=O) groups is 1. The summed E-state index contributed by atoms with van der Waals surface area (Å²) in [6.45, 7) is 12.1. The molecule has 11 heteroatoms. The van der Waals surface area contributed by atoms with Gasteiger partial charge in [0.2, 0.25) is 0 Å². The maximum Gasteiger partial charge on any atom is 0.410 e. The molecule has 0 bridgehead atoms. The summed E-state index contributed by atoms with van der Waals surface area (Å²) in [5, 5.41) is 0.914. The number of pyridine rings is 2. The molecule has 4 heterocycles. The second-order valence-electron chi connectivity index (χ2n) is 9.83. The third-order valence-corrected chi connectivity index (χ3v) is 6.57. The molecule has 0 saturated carbocycles. The van der Waals surface area contributed by atoms with E-state index < -0.39 is 11.3 Å². The van der Waals surface area contributed by atoms with Crippen molar-refractivity contribution < 1.29 is 9.53 Å². The monoisotopic (exact) mass is 518 g/mol. The van der Waals surface area contributed by atoms with E-state index in [1.807, 2.05) is 46.4 Å². The Morgan fingerprint density at radius 1 is 1.14 bits per heavy atom. The van der Waals surface area contributed by atoms with E-state index in [-0.39, 0.29) is 28.4 Å². The molecule has 0 aliphatic carbocycles. The van der Waals surface area contributed by atoms with Crippen LogP contribution in [-0.2, 0) is 4.74 Å². The van der Waals surface area contributed by atoms with Gasteiger partial charge < -0.3 is 14.5 Å². The second-order valence-corrected chi connectivity index (χ2v) is 10.6. The summed E-state index contributed by atoms with van der Waals surface area (Å²) in [5.41, 5.74) is 0.622. The number of hydrogen-bond acceptors (Lipinski definition) is 7. The molecular formula is C24H28Cl2N6O3. The minimum absolute atomic E-state index is 0.0853. The van der Waals surface area contributed by atoms with Crippen molar-refractivity contribution in [2.45, 2.75) is 59.2 Å². The fourth-order valence-corrected chi connectivity index (χ4v) is 4.49. The number of hydrogen-bond donors (Lipinski definition) is 0. The van der Waals surface area contributed by atoms with Gasteiger partial charge in [0.1, 0.15) is 16.6 Å². The highest BCUT2D eigenvalue weighted by atomic mass is 35.5. The molecule has 1 amide bonds. The molecule has 4 rings (SSSR count). The molecule has 1 saturated heterocycles. The van der Waals surface area contributed by atoms with Crippen molar-refractivity contribution >= 4 is 46.1 Å². The van der Waals surface area contributed by atoms with Crippen LogP contribution in [0, 0.1) is 6.92 Å². The highest BCUT2D eigenvalue weighted by molar-refractivity contribution is 6.41. The predicted molar refractivity (Wildman–Crippen MR) is 137 cm³/mol. The molecule has 1 aliphatic heterocycles. The molecule has 0 spiro atoms.